The van der Waals surface area contributed by atoms with Crippen LogP contribution < -0.4 is 5.73 Å². The maximum Gasteiger partial charge on any atom is 0.287 e. The van der Waals surface area contributed by atoms with E-state index < -0.39 is 20.6 Å². The van der Waals surface area contributed by atoms with Crippen LogP contribution in [-0.4, -0.2) is 34.9 Å². The Morgan fingerprint density at radius 1 is 1.35 bits per heavy atom. The summed E-state index contributed by atoms with van der Waals surface area (Å²) in [5, 5.41) is 0.0392. The van der Waals surface area contributed by atoms with Gasteiger partial charge in [-0.1, -0.05) is 6.92 Å². The summed E-state index contributed by atoms with van der Waals surface area (Å²) in [5.41, 5.74) is 7.14. The van der Waals surface area contributed by atoms with Gasteiger partial charge in [0.2, 0.25) is 0 Å². The first-order valence-corrected chi connectivity index (χ1v) is 9.30. The van der Waals surface area contributed by atoms with Crippen molar-refractivity contribution >= 4 is 37.4 Å². The van der Waals surface area contributed by atoms with Gasteiger partial charge < -0.3 is 10.2 Å². The molecule has 110 valence electrons. The van der Waals surface area contributed by atoms with Crippen LogP contribution in [0.15, 0.2) is 27.8 Å². The molecular formula is C12H16N2O4S2. The van der Waals surface area contributed by atoms with E-state index in [0.29, 0.717) is 23.2 Å². The van der Waals surface area contributed by atoms with Crippen LogP contribution in [0.1, 0.15) is 13.3 Å². The van der Waals surface area contributed by atoms with Gasteiger partial charge >= 0.3 is 0 Å². The first-order chi connectivity index (χ1) is 9.41. The number of fused-ring (bicyclic) bond motifs is 1. The van der Waals surface area contributed by atoms with Gasteiger partial charge in [-0.3, -0.25) is 0 Å². The molecule has 0 aliphatic carbocycles. The van der Waals surface area contributed by atoms with E-state index in [-0.39, 0.29) is 22.5 Å². The fraction of sp³-hybridized carbons (Fsp3) is 0.417. The molecular weight excluding hydrogens is 300 g/mol. The number of rotatable bonds is 6. The average molecular weight is 316 g/mol. The van der Waals surface area contributed by atoms with Crippen molar-refractivity contribution in [3.05, 3.63) is 18.2 Å². The second-order valence-corrected chi connectivity index (χ2v) is 8.16. The highest BCUT2D eigenvalue weighted by atomic mass is 32.2. The number of hydrogen-bond donors (Lipinski definition) is 1. The molecule has 0 bridgehead atoms. The molecule has 8 heteroatoms. The van der Waals surface area contributed by atoms with Gasteiger partial charge in [0.15, 0.2) is 15.4 Å². The van der Waals surface area contributed by atoms with Gasteiger partial charge in [-0.2, -0.15) is 0 Å². The van der Waals surface area contributed by atoms with Crippen LogP contribution in [0.25, 0.3) is 11.1 Å². The highest BCUT2D eigenvalue weighted by Crippen LogP contribution is 2.20. The van der Waals surface area contributed by atoms with Crippen molar-refractivity contribution in [1.29, 1.82) is 0 Å². The monoisotopic (exact) mass is 316 g/mol. The van der Waals surface area contributed by atoms with Crippen LogP contribution in [0.2, 0.25) is 0 Å². The van der Waals surface area contributed by atoms with E-state index in [4.69, 9.17) is 10.2 Å². The van der Waals surface area contributed by atoms with Crippen LogP contribution in [0.4, 0.5) is 5.69 Å². The molecule has 0 fully saturated rings. The molecule has 0 saturated carbocycles. The van der Waals surface area contributed by atoms with E-state index in [1.807, 2.05) is 0 Å². The minimum absolute atomic E-state index is 0.00929. The molecule has 0 spiro atoms. The van der Waals surface area contributed by atoms with E-state index in [9.17, 15) is 12.6 Å². The second-order valence-electron chi connectivity index (χ2n) is 4.41. The topological polar surface area (TPSA) is 103 Å². The van der Waals surface area contributed by atoms with Gasteiger partial charge in [-0.25, -0.2) is 17.6 Å². The number of aromatic nitrogens is 1. The predicted octanol–water partition coefficient (Wildman–Crippen LogP) is 1.34. The Labute approximate surface area is 119 Å². The lowest BCUT2D eigenvalue weighted by Crippen LogP contribution is -2.16. The predicted molar refractivity (Wildman–Crippen MR) is 78.6 cm³/mol. The molecule has 1 aromatic heterocycles. The Morgan fingerprint density at radius 2 is 2.10 bits per heavy atom. The molecule has 6 nitrogen and oxygen atoms in total. The van der Waals surface area contributed by atoms with E-state index >= 15 is 0 Å². The van der Waals surface area contributed by atoms with Crippen LogP contribution >= 0.6 is 0 Å². The van der Waals surface area contributed by atoms with Crippen molar-refractivity contribution in [2.24, 2.45) is 0 Å². The third kappa shape index (κ3) is 3.57. The van der Waals surface area contributed by atoms with E-state index in [1.54, 1.807) is 25.1 Å². The van der Waals surface area contributed by atoms with Crippen molar-refractivity contribution in [2.75, 3.05) is 23.0 Å². The number of benzene rings is 1. The Hall–Kier alpha value is -1.41. The third-order valence-electron chi connectivity index (χ3n) is 2.68. The zero-order valence-electron chi connectivity index (χ0n) is 11.0. The van der Waals surface area contributed by atoms with Gasteiger partial charge in [0, 0.05) is 23.3 Å². The minimum atomic E-state index is -3.15. The molecule has 0 radical (unpaired) electrons. The summed E-state index contributed by atoms with van der Waals surface area (Å²) in [6.45, 7) is 1.79. The lowest BCUT2D eigenvalue weighted by molar-refractivity contribution is 0.478. The van der Waals surface area contributed by atoms with Crippen LogP contribution in [0.5, 0.6) is 0 Å². The number of nitrogens with two attached hydrogens (primary N) is 1. The normalized spacial score (nSPS) is 13.7. The summed E-state index contributed by atoms with van der Waals surface area (Å²) in [6, 6.07) is 4.93. The quantitative estimate of drug-likeness (QED) is 0.807. The summed E-state index contributed by atoms with van der Waals surface area (Å²) in [4.78, 5) is 4.08. The number of nitrogens with zero attached hydrogens (tertiary/aromatic N) is 1. The second kappa shape index (κ2) is 5.92. The summed E-state index contributed by atoms with van der Waals surface area (Å²) < 4.78 is 40.5. The SMILES string of the molecule is CCCS(=O)(=O)CCS(=O)c1nc2ccc(N)cc2o1. The van der Waals surface area contributed by atoms with E-state index in [0.717, 1.165) is 0 Å². The van der Waals surface area contributed by atoms with Crippen molar-refractivity contribution < 1.29 is 17.0 Å². The zero-order valence-corrected chi connectivity index (χ0v) is 12.7. The van der Waals surface area contributed by atoms with Gasteiger partial charge in [-0.15, -0.1) is 0 Å². The van der Waals surface area contributed by atoms with Crippen LogP contribution in [0.3, 0.4) is 0 Å². The molecule has 1 aromatic carbocycles. The van der Waals surface area contributed by atoms with Crippen LogP contribution in [0, 0.1) is 0 Å². The maximum atomic E-state index is 12.0. The van der Waals surface area contributed by atoms with E-state index in [2.05, 4.69) is 4.98 Å². The van der Waals surface area contributed by atoms with Crippen molar-refractivity contribution in [3.8, 4) is 0 Å². The van der Waals surface area contributed by atoms with Crippen molar-refractivity contribution in [2.45, 2.75) is 18.6 Å². The molecule has 1 atom stereocenters. The highest BCUT2D eigenvalue weighted by molar-refractivity contribution is 7.93. The average Bonchev–Trinajstić information content (AvgIpc) is 2.79. The standard InChI is InChI=1S/C12H16N2O4S2/c1-2-6-20(16,17)7-5-19(15)12-14-10-4-3-9(13)8-11(10)18-12/h3-4,8H,2,5-7,13H2,1H3. The minimum Gasteiger partial charge on any atom is -0.430 e. The van der Waals surface area contributed by atoms with Gasteiger partial charge in [0.1, 0.15) is 16.3 Å². The van der Waals surface area contributed by atoms with Crippen LogP contribution in [-0.2, 0) is 20.6 Å². The Kier molecular flexibility index (Phi) is 4.44. The fourth-order valence-electron chi connectivity index (χ4n) is 1.72. The molecule has 0 aliphatic rings. The van der Waals surface area contributed by atoms with E-state index in [1.165, 1.54) is 0 Å². The lowest BCUT2D eigenvalue weighted by Gasteiger charge is -2.00. The first-order valence-electron chi connectivity index (χ1n) is 6.16. The number of hydrogen-bond acceptors (Lipinski definition) is 6. The molecule has 2 rings (SSSR count). The largest absolute Gasteiger partial charge is 0.430 e. The Morgan fingerprint density at radius 3 is 2.80 bits per heavy atom. The molecule has 0 saturated heterocycles. The summed E-state index contributed by atoms with van der Waals surface area (Å²) >= 11 is 0. The fourth-order valence-corrected chi connectivity index (χ4v) is 4.73. The van der Waals surface area contributed by atoms with Crippen molar-refractivity contribution in [1.82, 2.24) is 4.98 Å². The molecule has 0 aliphatic heterocycles. The maximum absolute atomic E-state index is 12.0. The molecule has 20 heavy (non-hydrogen) atoms. The number of anilines is 1. The lowest BCUT2D eigenvalue weighted by atomic mass is 10.3. The number of oxazole rings is 1. The number of sulfone groups is 1. The van der Waals surface area contributed by atoms with Gasteiger partial charge in [-0.05, 0) is 18.6 Å². The number of nitrogen functional groups attached to an aromatic ring is 1. The molecule has 0 amide bonds. The zero-order chi connectivity index (χ0) is 14.8. The highest BCUT2D eigenvalue weighted by Gasteiger charge is 2.17. The summed E-state index contributed by atoms with van der Waals surface area (Å²) in [7, 11) is -4.72. The molecule has 1 heterocycles. The first kappa shape index (κ1) is 15.0. The molecule has 2 aromatic rings. The summed E-state index contributed by atoms with van der Waals surface area (Å²) in [5.74, 6) is -0.0345. The Bertz CT molecular complexity index is 737. The van der Waals surface area contributed by atoms with Gasteiger partial charge in [0.05, 0.1) is 5.75 Å². The smallest absolute Gasteiger partial charge is 0.287 e. The Balaban J connectivity index is 2.12. The molecule has 2 N–H and O–H groups in total. The summed E-state index contributed by atoms with van der Waals surface area (Å²) in [6.07, 6.45) is 0.553. The van der Waals surface area contributed by atoms with Crippen molar-refractivity contribution in [3.63, 3.8) is 0 Å². The van der Waals surface area contributed by atoms with Gasteiger partial charge in [0.25, 0.3) is 5.22 Å². The third-order valence-corrected chi connectivity index (χ3v) is 5.94. The molecule has 1 unspecified atom stereocenters.